The van der Waals surface area contributed by atoms with Gasteiger partial charge in [0.15, 0.2) is 0 Å². The van der Waals surface area contributed by atoms with Crippen LogP contribution in [0.4, 0.5) is 0 Å². The number of ketones is 1. The lowest BCUT2D eigenvalue weighted by Gasteiger charge is -2.14. The molecule has 2 rings (SSSR count). The van der Waals surface area contributed by atoms with Gasteiger partial charge in [0, 0.05) is 12.8 Å². The molecular formula is C11H13NO4. The van der Waals surface area contributed by atoms with Crippen LogP contribution in [0.25, 0.3) is 0 Å². The van der Waals surface area contributed by atoms with Crippen molar-refractivity contribution in [3.05, 3.63) is 11.6 Å². The second kappa shape index (κ2) is 4.08. The van der Waals surface area contributed by atoms with E-state index in [1.807, 2.05) is 6.08 Å². The normalized spacial score (nSPS) is 29.4. The van der Waals surface area contributed by atoms with E-state index in [-0.39, 0.29) is 11.7 Å². The highest BCUT2D eigenvalue weighted by molar-refractivity contribution is 6.06. The Bertz CT molecular complexity index is 397. The van der Waals surface area contributed by atoms with Crippen molar-refractivity contribution >= 4 is 17.5 Å². The first-order valence-electron chi connectivity index (χ1n) is 5.27. The number of aliphatic carboxylic acids is 1. The summed E-state index contributed by atoms with van der Waals surface area (Å²) in [5.41, 5.74) is 1.63. The fourth-order valence-electron chi connectivity index (χ4n) is 1.99. The molecule has 1 heterocycles. The highest BCUT2D eigenvalue weighted by atomic mass is 16.7. The SMILES string of the molecule is CC1C(C2=CCC(=O)CC2)=NOC1C(=O)O. The zero-order valence-electron chi connectivity index (χ0n) is 8.97. The largest absolute Gasteiger partial charge is 0.478 e. The van der Waals surface area contributed by atoms with Crippen molar-refractivity contribution in [1.29, 1.82) is 0 Å². The quantitative estimate of drug-likeness (QED) is 0.761. The van der Waals surface area contributed by atoms with Gasteiger partial charge in [-0.3, -0.25) is 4.79 Å². The van der Waals surface area contributed by atoms with Crippen LogP contribution in [0.15, 0.2) is 16.8 Å². The van der Waals surface area contributed by atoms with Crippen LogP contribution in [0, 0.1) is 5.92 Å². The van der Waals surface area contributed by atoms with Gasteiger partial charge in [0.25, 0.3) is 0 Å². The maximum Gasteiger partial charge on any atom is 0.348 e. The van der Waals surface area contributed by atoms with E-state index >= 15 is 0 Å². The van der Waals surface area contributed by atoms with Gasteiger partial charge in [0.2, 0.25) is 6.10 Å². The highest BCUT2D eigenvalue weighted by Crippen LogP contribution is 2.27. The smallest absolute Gasteiger partial charge is 0.348 e. The van der Waals surface area contributed by atoms with Gasteiger partial charge in [0.05, 0.1) is 11.6 Å². The van der Waals surface area contributed by atoms with Crippen LogP contribution >= 0.6 is 0 Å². The van der Waals surface area contributed by atoms with Crippen molar-refractivity contribution in [1.82, 2.24) is 0 Å². The molecule has 2 atom stereocenters. The lowest BCUT2D eigenvalue weighted by atomic mass is 9.87. The number of oxime groups is 1. The molecule has 1 aliphatic carbocycles. The van der Waals surface area contributed by atoms with Crippen molar-refractivity contribution < 1.29 is 19.5 Å². The zero-order chi connectivity index (χ0) is 11.7. The number of carboxylic acid groups (broad SMARTS) is 1. The molecule has 0 fully saturated rings. The first kappa shape index (κ1) is 10.9. The summed E-state index contributed by atoms with van der Waals surface area (Å²) in [6.07, 6.45) is 2.49. The second-order valence-electron chi connectivity index (χ2n) is 4.10. The standard InChI is InChI=1S/C11H13NO4/c1-6-9(12-16-10(6)11(14)15)7-2-4-8(13)5-3-7/h2,6,10H,3-5H2,1H3,(H,14,15). The minimum atomic E-state index is -1.00. The number of nitrogens with zero attached hydrogens (tertiary/aromatic N) is 1. The van der Waals surface area contributed by atoms with E-state index < -0.39 is 12.1 Å². The van der Waals surface area contributed by atoms with Crippen LogP contribution in [0.2, 0.25) is 0 Å². The zero-order valence-corrected chi connectivity index (χ0v) is 8.97. The molecule has 86 valence electrons. The average Bonchev–Trinajstić information content (AvgIpc) is 2.61. The number of carbonyl (C=O) groups excluding carboxylic acids is 1. The number of rotatable bonds is 2. The number of hydrogen-bond donors (Lipinski definition) is 1. The topological polar surface area (TPSA) is 76.0 Å². The summed E-state index contributed by atoms with van der Waals surface area (Å²) >= 11 is 0. The summed E-state index contributed by atoms with van der Waals surface area (Å²) < 4.78 is 0. The summed E-state index contributed by atoms with van der Waals surface area (Å²) in [6.45, 7) is 1.78. The Morgan fingerprint density at radius 1 is 1.56 bits per heavy atom. The molecule has 0 bridgehead atoms. The Hall–Kier alpha value is -1.65. The van der Waals surface area contributed by atoms with Gasteiger partial charge in [-0.05, 0) is 12.0 Å². The van der Waals surface area contributed by atoms with Gasteiger partial charge in [-0.1, -0.05) is 18.2 Å². The molecule has 16 heavy (non-hydrogen) atoms. The molecule has 0 amide bonds. The van der Waals surface area contributed by atoms with E-state index in [0.29, 0.717) is 25.0 Å². The van der Waals surface area contributed by atoms with Gasteiger partial charge in [-0.15, -0.1) is 0 Å². The predicted molar refractivity (Wildman–Crippen MR) is 56.0 cm³/mol. The summed E-state index contributed by atoms with van der Waals surface area (Å²) in [5, 5.41) is 12.7. The highest BCUT2D eigenvalue weighted by Gasteiger charge is 2.37. The molecule has 0 spiro atoms. The van der Waals surface area contributed by atoms with Crippen LogP contribution in [0.1, 0.15) is 26.2 Å². The second-order valence-corrected chi connectivity index (χ2v) is 4.10. The molecular weight excluding hydrogens is 210 g/mol. The van der Waals surface area contributed by atoms with Crippen molar-refractivity contribution in [3.63, 3.8) is 0 Å². The van der Waals surface area contributed by atoms with Gasteiger partial charge in [-0.25, -0.2) is 4.79 Å². The summed E-state index contributed by atoms with van der Waals surface area (Å²) in [7, 11) is 0. The fraction of sp³-hybridized carbons (Fsp3) is 0.545. The molecule has 0 saturated carbocycles. The first-order valence-corrected chi connectivity index (χ1v) is 5.27. The number of hydrogen-bond acceptors (Lipinski definition) is 4. The molecule has 2 unspecified atom stereocenters. The Labute approximate surface area is 92.8 Å². The first-order chi connectivity index (χ1) is 7.59. The van der Waals surface area contributed by atoms with Gasteiger partial charge in [-0.2, -0.15) is 0 Å². The maximum atomic E-state index is 11.1. The Balaban J connectivity index is 2.12. The number of allylic oxidation sites excluding steroid dienone is 2. The van der Waals surface area contributed by atoms with Crippen molar-refractivity contribution in [2.24, 2.45) is 11.1 Å². The molecule has 0 aromatic heterocycles. The Morgan fingerprint density at radius 3 is 2.81 bits per heavy atom. The maximum absolute atomic E-state index is 11.1. The van der Waals surface area contributed by atoms with Gasteiger partial charge in [0.1, 0.15) is 5.78 Å². The molecule has 5 heteroatoms. The van der Waals surface area contributed by atoms with E-state index in [2.05, 4.69) is 5.16 Å². The molecule has 0 saturated heterocycles. The van der Waals surface area contributed by atoms with E-state index in [1.165, 1.54) is 0 Å². The predicted octanol–water partition coefficient (Wildman–Crippen LogP) is 1.14. The molecule has 0 radical (unpaired) electrons. The minimum Gasteiger partial charge on any atom is -0.478 e. The van der Waals surface area contributed by atoms with Crippen molar-refractivity contribution in [3.8, 4) is 0 Å². The molecule has 5 nitrogen and oxygen atoms in total. The number of carboxylic acids is 1. The molecule has 0 aromatic carbocycles. The summed E-state index contributed by atoms with van der Waals surface area (Å²) in [4.78, 5) is 26.8. The van der Waals surface area contributed by atoms with Crippen molar-refractivity contribution in [2.75, 3.05) is 0 Å². The van der Waals surface area contributed by atoms with E-state index in [4.69, 9.17) is 9.94 Å². The summed E-state index contributed by atoms with van der Waals surface area (Å²) in [6, 6.07) is 0. The van der Waals surface area contributed by atoms with Crippen LogP contribution < -0.4 is 0 Å². The summed E-state index contributed by atoms with van der Waals surface area (Å²) in [5.74, 6) is -1.04. The van der Waals surface area contributed by atoms with E-state index in [9.17, 15) is 9.59 Å². The minimum absolute atomic E-state index is 0.214. The van der Waals surface area contributed by atoms with Crippen LogP contribution in [0.3, 0.4) is 0 Å². The van der Waals surface area contributed by atoms with Crippen LogP contribution in [-0.4, -0.2) is 28.7 Å². The van der Waals surface area contributed by atoms with Crippen LogP contribution in [0.5, 0.6) is 0 Å². The lowest BCUT2D eigenvalue weighted by Crippen LogP contribution is -2.29. The molecule has 0 aromatic rings. The Kier molecular flexibility index (Phi) is 2.77. The lowest BCUT2D eigenvalue weighted by molar-refractivity contribution is -0.150. The third-order valence-electron chi connectivity index (χ3n) is 2.97. The van der Waals surface area contributed by atoms with Gasteiger partial charge < -0.3 is 9.94 Å². The van der Waals surface area contributed by atoms with Gasteiger partial charge >= 0.3 is 5.97 Å². The van der Waals surface area contributed by atoms with E-state index in [1.54, 1.807) is 6.92 Å². The van der Waals surface area contributed by atoms with E-state index in [0.717, 1.165) is 5.57 Å². The Morgan fingerprint density at radius 2 is 2.31 bits per heavy atom. The molecule has 1 N–H and O–H groups in total. The fourth-order valence-corrected chi connectivity index (χ4v) is 1.99. The average molecular weight is 223 g/mol. The number of carbonyl (C=O) groups is 2. The third kappa shape index (κ3) is 1.85. The number of Topliss-reactive ketones (excluding diaryl/α,β-unsaturated/α-hetero) is 1. The van der Waals surface area contributed by atoms with Crippen molar-refractivity contribution in [2.45, 2.75) is 32.3 Å². The third-order valence-corrected chi connectivity index (χ3v) is 2.97. The monoisotopic (exact) mass is 223 g/mol. The van der Waals surface area contributed by atoms with Crippen LogP contribution in [-0.2, 0) is 14.4 Å². The molecule has 1 aliphatic heterocycles. The molecule has 2 aliphatic rings.